The molecule has 21 heavy (non-hydrogen) atoms. The van der Waals surface area contributed by atoms with E-state index < -0.39 is 10.0 Å². The highest BCUT2D eigenvalue weighted by Crippen LogP contribution is 2.27. The van der Waals surface area contributed by atoms with Crippen LogP contribution in [0.4, 0.5) is 5.82 Å². The summed E-state index contributed by atoms with van der Waals surface area (Å²) in [6.45, 7) is 3.94. The van der Waals surface area contributed by atoms with Crippen LogP contribution in [0.15, 0.2) is 21.6 Å². The molecule has 0 atom stereocenters. The predicted molar refractivity (Wildman–Crippen MR) is 87.9 cm³/mol. The van der Waals surface area contributed by atoms with Crippen LogP contribution < -0.4 is 5.32 Å². The summed E-state index contributed by atoms with van der Waals surface area (Å²) in [6, 6.07) is 1.64. The van der Waals surface area contributed by atoms with Crippen molar-refractivity contribution < 1.29 is 8.42 Å². The second-order valence-electron chi connectivity index (χ2n) is 5.25. The third-order valence-corrected chi connectivity index (χ3v) is 5.89. The largest absolute Gasteiger partial charge is 0.369 e. The summed E-state index contributed by atoms with van der Waals surface area (Å²) in [5.74, 6) is 0.448. The van der Waals surface area contributed by atoms with Crippen LogP contribution in [0.3, 0.4) is 0 Å². The van der Waals surface area contributed by atoms with E-state index in [1.807, 2.05) is 6.92 Å². The summed E-state index contributed by atoms with van der Waals surface area (Å²) in [5.41, 5.74) is 0. The van der Waals surface area contributed by atoms with Crippen molar-refractivity contribution in [3.8, 4) is 0 Å². The molecule has 1 aromatic heterocycles. The zero-order valence-electron chi connectivity index (χ0n) is 12.3. The number of anilines is 1. The number of nitrogens with one attached hydrogen (secondary N) is 1. The Balaban J connectivity index is 2.35. The molecule has 0 aromatic carbocycles. The van der Waals surface area contributed by atoms with Crippen molar-refractivity contribution in [3.05, 3.63) is 16.7 Å². The molecule has 0 saturated carbocycles. The van der Waals surface area contributed by atoms with Gasteiger partial charge in [0.15, 0.2) is 0 Å². The van der Waals surface area contributed by atoms with Crippen LogP contribution in [0.5, 0.6) is 0 Å². The third kappa shape index (κ3) is 4.17. The average Bonchev–Trinajstić information content (AvgIpc) is 2.75. The Labute approximate surface area is 135 Å². The van der Waals surface area contributed by atoms with Gasteiger partial charge in [0.1, 0.15) is 10.7 Å². The van der Waals surface area contributed by atoms with E-state index in [0.29, 0.717) is 29.9 Å². The standard InChI is InChI=1S/C14H22BrN3O2S/c1-2-7-16-14-13(10-12(15)11-17-14)21(19,20)18-8-5-3-4-6-9-18/h10-11H,2-9H2,1H3,(H,16,17). The van der Waals surface area contributed by atoms with Crippen molar-refractivity contribution in [1.82, 2.24) is 9.29 Å². The van der Waals surface area contributed by atoms with Gasteiger partial charge in [-0.3, -0.25) is 0 Å². The second-order valence-corrected chi connectivity index (χ2v) is 8.07. The minimum Gasteiger partial charge on any atom is -0.369 e. The SMILES string of the molecule is CCCNc1ncc(Br)cc1S(=O)(=O)N1CCCCCC1. The molecule has 7 heteroatoms. The molecule has 1 fully saturated rings. The molecule has 0 amide bonds. The van der Waals surface area contributed by atoms with Crippen molar-refractivity contribution in [2.75, 3.05) is 25.0 Å². The van der Waals surface area contributed by atoms with E-state index in [1.165, 1.54) is 0 Å². The van der Waals surface area contributed by atoms with E-state index in [4.69, 9.17) is 0 Å². The maximum absolute atomic E-state index is 12.9. The van der Waals surface area contributed by atoms with Gasteiger partial charge < -0.3 is 5.32 Å². The van der Waals surface area contributed by atoms with Crippen molar-refractivity contribution in [3.63, 3.8) is 0 Å². The molecular weight excluding hydrogens is 354 g/mol. The molecule has 0 radical (unpaired) electrons. The summed E-state index contributed by atoms with van der Waals surface area (Å²) < 4.78 is 28.1. The summed E-state index contributed by atoms with van der Waals surface area (Å²) in [5, 5.41) is 3.11. The first kappa shape index (κ1) is 16.7. The first-order chi connectivity index (χ1) is 10.1. The molecular formula is C14H22BrN3O2S. The van der Waals surface area contributed by atoms with Crippen LogP contribution in [-0.2, 0) is 10.0 Å². The van der Waals surface area contributed by atoms with Gasteiger partial charge in [0, 0.05) is 30.3 Å². The van der Waals surface area contributed by atoms with Crippen LogP contribution in [-0.4, -0.2) is 37.3 Å². The fourth-order valence-corrected chi connectivity index (χ4v) is 4.56. The Morgan fingerprint density at radius 1 is 1.29 bits per heavy atom. The molecule has 2 rings (SSSR count). The molecule has 1 N–H and O–H groups in total. The van der Waals surface area contributed by atoms with Gasteiger partial charge >= 0.3 is 0 Å². The number of sulfonamides is 1. The van der Waals surface area contributed by atoms with Gasteiger partial charge in [-0.05, 0) is 41.3 Å². The number of aromatic nitrogens is 1. The Morgan fingerprint density at radius 2 is 1.95 bits per heavy atom. The fourth-order valence-electron chi connectivity index (χ4n) is 2.41. The topological polar surface area (TPSA) is 62.3 Å². The smallest absolute Gasteiger partial charge is 0.246 e. The highest BCUT2D eigenvalue weighted by atomic mass is 79.9. The number of hydrogen-bond donors (Lipinski definition) is 1. The number of hydrogen-bond acceptors (Lipinski definition) is 4. The number of nitrogens with zero attached hydrogens (tertiary/aromatic N) is 2. The van der Waals surface area contributed by atoms with Gasteiger partial charge in [-0.1, -0.05) is 19.8 Å². The van der Waals surface area contributed by atoms with Gasteiger partial charge in [0.05, 0.1) is 0 Å². The van der Waals surface area contributed by atoms with Crippen LogP contribution in [0, 0.1) is 0 Å². The van der Waals surface area contributed by atoms with E-state index in [-0.39, 0.29) is 4.90 Å². The summed E-state index contributed by atoms with van der Waals surface area (Å²) >= 11 is 3.32. The molecule has 2 heterocycles. The van der Waals surface area contributed by atoms with Crippen molar-refractivity contribution in [2.45, 2.75) is 43.9 Å². The van der Waals surface area contributed by atoms with Crippen molar-refractivity contribution >= 4 is 31.8 Å². The minimum absolute atomic E-state index is 0.271. The molecule has 0 bridgehead atoms. The summed E-state index contributed by atoms with van der Waals surface area (Å²) in [6.07, 6.45) is 6.60. The highest BCUT2D eigenvalue weighted by Gasteiger charge is 2.28. The van der Waals surface area contributed by atoms with Crippen molar-refractivity contribution in [1.29, 1.82) is 0 Å². The lowest BCUT2D eigenvalue weighted by molar-refractivity contribution is 0.423. The zero-order chi connectivity index (χ0) is 15.3. The van der Waals surface area contributed by atoms with E-state index in [1.54, 1.807) is 16.6 Å². The Bertz CT molecular complexity index is 570. The van der Waals surface area contributed by atoms with Gasteiger partial charge in [-0.2, -0.15) is 4.31 Å². The second kappa shape index (κ2) is 7.56. The zero-order valence-corrected chi connectivity index (χ0v) is 14.7. The van der Waals surface area contributed by atoms with Gasteiger partial charge in [-0.15, -0.1) is 0 Å². The number of pyridine rings is 1. The maximum Gasteiger partial charge on any atom is 0.246 e. The fraction of sp³-hybridized carbons (Fsp3) is 0.643. The molecule has 1 aliphatic rings. The molecule has 0 unspecified atom stereocenters. The Hall–Kier alpha value is -0.660. The van der Waals surface area contributed by atoms with Gasteiger partial charge in [0.25, 0.3) is 0 Å². The van der Waals surface area contributed by atoms with Gasteiger partial charge in [0.2, 0.25) is 10.0 Å². The Morgan fingerprint density at radius 3 is 2.57 bits per heavy atom. The van der Waals surface area contributed by atoms with Crippen LogP contribution in [0.25, 0.3) is 0 Å². The molecule has 1 aliphatic heterocycles. The molecule has 0 spiro atoms. The first-order valence-electron chi connectivity index (χ1n) is 7.45. The molecule has 1 aromatic rings. The lowest BCUT2D eigenvalue weighted by Gasteiger charge is -2.21. The predicted octanol–water partition coefficient (Wildman–Crippen LogP) is 3.23. The van der Waals surface area contributed by atoms with Crippen LogP contribution in [0.1, 0.15) is 39.0 Å². The van der Waals surface area contributed by atoms with E-state index in [9.17, 15) is 8.42 Å². The van der Waals surface area contributed by atoms with Crippen LogP contribution >= 0.6 is 15.9 Å². The lowest BCUT2D eigenvalue weighted by atomic mass is 10.2. The van der Waals surface area contributed by atoms with E-state index in [2.05, 4.69) is 26.2 Å². The molecule has 118 valence electrons. The quantitative estimate of drug-likeness (QED) is 0.857. The van der Waals surface area contributed by atoms with Gasteiger partial charge in [-0.25, -0.2) is 13.4 Å². The highest BCUT2D eigenvalue weighted by molar-refractivity contribution is 9.10. The normalized spacial score (nSPS) is 17.4. The first-order valence-corrected chi connectivity index (χ1v) is 9.68. The summed E-state index contributed by atoms with van der Waals surface area (Å²) in [7, 11) is -3.49. The summed E-state index contributed by atoms with van der Waals surface area (Å²) in [4.78, 5) is 4.51. The number of rotatable bonds is 5. The Kier molecular flexibility index (Phi) is 6.01. The van der Waals surface area contributed by atoms with E-state index in [0.717, 1.165) is 32.1 Å². The molecule has 1 saturated heterocycles. The van der Waals surface area contributed by atoms with Crippen molar-refractivity contribution in [2.24, 2.45) is 0 Å². The number of halogens is 1. The van der Waals surface area contributed by atoms with Crippen LogP contribution in [0.2, 0.25) is 0 Å². The lowest BCUT2D eigenvalue weighted by Crippen LogP contribution is -2.32. The average molecular weight is 376 g/mol. The molecule has 5 nitrogen and oxygen atoms in total. The minimum atomic E-state index is -3.49. The molecule has 0 aliphatic carbocycles. The monoisotopic (exact) mass is 375 g/mol. The third-order valence-electron chi connectivity index (χ3n) is 3.54. The van der Waals surface area contributed by atoms with E-state index >= 15 is 0 Å². The maximum atomic E-state index is 12.9.